The van der Waals surface area contributed by atoms with Crippen LogP contribution in [0.3, 0.4) is 0 Å². The molecule has 0 bridgehead atoms. The summed E-state index contributed by atoms with van der Waals surface area (Å²) in [6.07, 6.45) is 3.65. The van der Waals surface area contributed by atoms with Crippen LogP contribution in [0.25, 0.3) is 0 Å². The first-order valence-corrected chi connectivity index (χ1v) is 8.24. The molecule has 1 fully saturated rings. The number of likely N-dealkylation sites (tertiary alicyclic amines) is 1. The van der Waals surface area contributed by atoms with Crippen molar-refractivity contribution >= 4 is 34.9 Å². The first-order valence-electron chi connectivity index (χ1n) is 6.61. The van der Waals surface area contributed by atoms with Gasteiger partial charge in [-0.25, -0.2) is 0 Å². The summed E-state index contributed by atoms with van der Waals surface area (Å²) in [6, 6.07) is 1.81. The number of thioether (sulfide) groups is 1. The summed E-state index contributed by atoms with van der Waals surface area (Å²) in [5.41, 5.74) is 6.53. The molecule has 1 amide bonds. The Morgan fingerprint density at radius 2 is 2.05 bits per heavy atom. The highest BCUT2D eigenvalue weighted by Crippen LogP contribution is 2.35. The number of thiocarbonyl (C=S) groups is 1. The van der Waals surface area contributed by atoms with Crippen molar-refractivity contribution in [1.29, 1.82) is 0 Å². The van der Waals surface area contributed by atoms with Gasteiger partial charge in [-0.1, -0.05) is 12.2 Å². The highest BCUT2D eigenvalue weighted by molar-refractivity contribution is 8.02. The monoisotopic (exact) mass is 312 g/mol. The molecule has 1 saturated heterocycles. The van der Waals surface area contributed by atoms with Crippen LogP contribution in [0, 0.1) is 13.8 Å². The van der Waals surface area contributed by atoms with E-state index in [1.54, 1.807) is 11.8 Å². The third kappa shape index (κ3) is 2.72. The van der Waals surface area contributed by atoms with Crippen molar-refractivity contribution in [2.75, 3.05) is 19.3 Å². The van der Waals surface area contributed by atoms with Crippen LogP contribution < -0.4 is 5.73 Å². The van der Waals surface area contributed by atoms with Gasteiger partial charge in [-0.15, -0.1) is 0 Å². The van der Waals surface area contributed by atoms with Crippen LogP contribution in [0.1, 0.15) is 34.7 Å². The predicted molar refractivity (Wildman–Crippen MR) is 86.4 cm³/mol. The van der Waals surface area contributed by atoms with E-state index in [1.165, 1.54) is 0 Å². The number of piperidine rings is 1. The maximum Gasteiger partial charge on any atom is 0.257 e. The lowest BCUT2D eigenvalue weighted by molar-refractivity contribution is 0.0717. The summed E-state index contributed by atoms with van der Waals surface area (Å²) in [7, 11) is 0. The molecule has 1 aromatic rings. The summed E-state index contributed by atoms with van der Waals surface area (Å²) < 4.78 is 5.28. The maximum atomic E-state index is 12.5. The fourth-order valence-corrected chi connectivity index (χ4v) is 3.88. The van der Waals surface area contributed by atoms with E-state index in [2.05, 4.69) is 0 Å². The number of hydrogen-bond acceptors (Lipinski definition) is 4. The minimum absolute atomic E-state index is 0.0389. The smallest absolute Gasteiger partial charge is 0.257 e. The van der Waals surface area contributed by atoms with Gasteiger partial charge in [0.1, 0.15) is 11.5 Å². The number of carbonyl (C=O) groups is 1. The van der Waals surface area contributed by atoms with E-state index >= 15 is 0 Å². The normalized spacial score (nSPS) is 18.1. The van der Waals surface area contributed by atoms with Crippen LogP contribution in [0.15, 0.2) is 10.5 Å². The van der Waals surface area contributed by atoms with Crippen molar-refractivity contribution in [1.82, 2.24) is 4.90 Å². The average molecular weight is 312 g/mol. The molecule has 1 aromatic heterocycles. The number of rotatable bonds is 3. The minimum atomic E-state index is -0.159. The number of aryl methyl sites for hydroxylation is 2. The largest absolute Gasteiger partial charge is 0.466 e. The lowest BCUT2D eigenvalue weighted by atomic mass is 9.95. The van der Waals surface area contributed by atoms with Crippen molar-refractivity contribution in [3.63, 3.8) is 0 Å². The first kappa shape index (κ1) is 15.4. The fourth-order valence-electron chi connectivity index (χ4n) is 2.64. The quantitative estimate of drug-likeness (QED) is 0.869. The van der Waals surface area contributed by atoms with Crippen LogP contribution in [-0.2, 0) is 0 Å². The summed E-state index contributed by atoms with van der Waals surface area (Å²) in [5, 5.41) is 0. The van der Waals surface area contributed by atoms with E-state index in [0.29, 0.717) is 29.4 Å². The molecule has 0 aliphatic carbocycles. The van der Waals surface area contributed by atoms with Crippen molar-refractivity contribution in [3.8, 4) is 0 Å². The van der Waals surface area contributed by atoms with Gasteiger partial charge < -0.3 is 15.1 Å². The van der Waals surface area contributed by atoms with E-state index in [0.717, 1.165) is 18.6 Å². The van der Waals surface area contributed by atoms with E-state index in [4.69, 9.17) is 22.4 Å². The molecular weight excluding hydrogens is 292 g/mol. The van der Waals surface area contributed by atoms with E-state index < -0.39 is 0 Å². The molecule has 0 aromatic carbocycles. The summed E-state index contributed by atoms with van der Waals surface area (Å²) >= 11 is 6.88. The molecule has 2 N–H and O–H groups in total. The van der Waals surface area contributed by atoms with Gasteiger partial charge in [0.2, 0.25) is 0 Å². The van der Waals surface area contributed by atoms with Crippen LogP contribution in [0.2, 0.25) is 0 Å². The van der Waals surface area contributed by atoms with Crippen molar-refractivity contribution in [2.45, 2.75) is 31.4 Å². The second kappa shape index (κ2) is 5.77. The molecule has 110 valence electrons. The SMILES string of the molecule is CSC1(C(N)=S)CCN(C(=O)c2cc(C)oc2C)CC1. The molecule has 0 unspecified atom stereocenters. The third-order valence-corrected chi connectivity index (χ3v) is 5.90. The first-order chi connectivity index (χ1) is 9.39. The molecular formula is C14H20N2O2S2. The maximum absolute atomic E-state index is 12.5. The Labute approximate surface area is 129 Å². The van der Waals surface area contributed by atoms with Gasteiger partial charge in [0.15, 0.2) is 0 Å². The fraction of sp³-hybridized carbons (Fsp3) is 0.571. The molecule has 0 atom stereocenters. The second-order valence-electron chi connectivity index (χ2n) is 5.18. The Morgan fingerprint density at radius 1 is 1.45 bits per heavy atom. The van der Waals surface area contributed by atoms with Gasteiger partial charge in [0.25, 0.3) is 5.91 Å². The zero-order valence-electron chi connectivity index (χ0n) is 12.1. The average Bonchev–Trinajstić information content (AvgIpc) is 2.76. The van der Waals surface area contributed by atoms with Crippen LogP contribution in [0.4, 0.5) is 0 Å². The highest BCUT2D eigenvalue weighted by Gasteiger charge is 2.38. The Hall–Kier alpha value is -1.01. The van der Waals surface area contributed by atoms with Gasteiger partial charge >= 0.3 is 0 Å². The zero-order valence-corrected chi connectivity index (χ0v) is 13.7. The molecule has 1 aliphatic rings. The van der Waals surface area contributed by atoms with Crippen molar-refractivity contribution in [2.24, 2.45) is 5.73 Å². The highest BCUT2D eigenvalue weighted by atomic mass is 32.2. The number of hydrogen-bond donors (Lipinski definition) is 1. The van der Waals surface area contributed by atoms with Gasteiger partial charge in [0, 0.05) is 13.1 Å². The van der Waals surface area contributed by atoms with Gasteiger partial charge in [-0.2, -0.15) is 11.8 Å². The number of nitrogens with zero attached hydrogens (tertiary/aromatic N) is 1. The summed E-state index contributed by atoms with van der Waals surface area (Å²) in [5.74, 6) is 1.49. The molecule has 0 radical (unpaired) electrons. The number of furan rings is 1. The van der Waals surface area contributed by atoms with Crippen molar-refractivity contribution < 1.29 is 9.21 Å². The Balaban J connectivity index is 2.09. The van der Waals surface area contributed by atoms with Crippen LogP contribution in [0.5, 0.6) is 0 Å². The molecule has 1 aliphatic heterocycles. The predicted octanol–water partition coefficient (Wildman–Crippen LogP) is 2.52. The molecule has 2 rings (SSSR count). The lowest BCUT2D eigenvalue weighted by Gasteiger charge is -2.40. The van der Waals surface area contributed by atoms with Gasteiger partial charge in [0.05, 0.1) is 15.3 Å². The minimum Gasteiger partial charge on any atom is -0.466 e. The van der Waals surface area contributed by atoms with Gasteiger partial charge in [-0.3, -0.25) is 4.79 Å². The Morgan fingerprint density at radius 3 is 2.45 bits per heavy atom. The van der Waals surface area contributed by atoms with E-state index in [9.17, 15) is 4.79 Å². The van der Waals surface area contributed by atoms with E-state index in [1.807, 2.05) is 31.1 Å². The van der Waals surface area contributed by atoms with Crippen molar-refractivity contribution in [3.05, 3.63) is 23.2 Å². The second-order valence-corrected chi connectivity index (χ2v) is 6.81. The molecule has 0 spiro atoms. The van der Waals surface area contributed by atoms with Crippen LogP contribution >= 0.6 is 24.0 Å². The molecule has 2 heterocycles. The molecule has 0 saturated carbocycles. The Kier molecular flexibility index (Phi) is 4.44. The summed E-state index contributed by atoms with van der Waals surface area (Å²) in [4.78, 5) is 14.9. The van der Waals surface area contributed by atoms with Crippen LogP contribution in [-0.4, -0.2) is 39.9 Å². The Bertz CT molecular complexity index is 531. The molecule has 6 heteroatoms. The standard InChI is InChI=1S/C14H20N2O2S2/c1-9-8-11(10(2)18-9)12(17)16-6-4-14(20-3,5-7-16)13(15)19/h8H,4-7H2,1-3H3,(H2,15,19). The number of amides is 1. The van der Waals surface area contributed by atoms with E-state index in [-0.39, 0.29) is 10.7 Å². The molecule has 4 nitrogen and oxygen atoms in total. The topological polar surface area (TPSA) is 59.5 Å². The number of carbonyl (C=O) groups excluding carboxylic acids is 1. The summed E-state index contributed by atoms with van der Waals surface area (Å²) in [6.45, 7) is 5.04. The number of nitrogens with two attached hydrogens (primary N) is 1. The molecule has 20 heavy (non-hydrogen) atoms. The van der Waals surface area contributed by atoms with Gasteiger partial charge in [-0.05, 0) is 39.0 Å². The zero-order chi connectivity index (χ0) is 14.9. The lowest BCUT2D eigenvalue weighted by Crippen LogP contribution is -2.50. The third-order valence-electron chi connectivity index (χ3n) is 3.97.